The number of nitrogens with zero attached hydrogens (tertiary/aromatic N) is 4. The van der Waals surface area contributed by atoms with E-state index in [2.05, 4.69) is 20.5 Å². The fourth-order valence-electron chi connectivity index (χ4n) is 3.29. The van der Waals surface area contributed by atoms with Crippen molar-refractivity contribution in [3.05, 3.63) is 35.7 Å². The third-order valence-electron chi connectivity index (χ3n) is 4.85. The number of esters is 1. The summed E-state index contributed by atoms with van der Waals surface area (Å²) in [5.74, 6) is -1.04. The summed E-state index contributed by atoms with van der Waals surface area (Å²) < 4.78 is 22.7. The zero-order chi connectivity index (χ0) is 22.9. The second-order valence-electron chi connectivity index (χ2n) is 6.94. The summed E-state index contributed by atoms with van der Waals surface area (Å²) in [4.78, 5) is 27.2. The number of hydrogen-bond acceptors (Lipinski definition) is 9. The van der Waals surface area contributed by atoms with Crippen LogP contribution in [0.3, 0.4) is 0 Å². The maximum absolute atomic E-state index is 12.7. The number of anilines is 2. The number of carbonyl (C=O) groups is 2. The lowest BCUT2D eigenvalue weighted by atomic mass is 10.1. The van der Waals surface area contributed by atoms with E-state index in [9.17, 15) is 9.59 Å². The summed E-state index contributed by atoms with van der Waals surface area (Å²) in [5, 5.41) is 10.6. The highest BCUT2D eigenvalue weighted by Crippen LogP contribution is 2.25. The van der Waals surface area contributed by atoms with Crippen LogP contribution in [0.2, 0.25) is 0 Å². The lowest BCUT2D eigenvalue weighted by molar-refractivity contribution is -0.145. The van der Waals surface area contributed by atoms with Crippen LogP contribution >= 0.6 is 0 Å². The van der Waals surface area contributed by atoms with Gasteiger partial charge in [0.2, 0.25) is 0 Å². The molecule has 0 aliphatic carbocycles. The third-order valence-corrected chi connectivity index (χ3v) is 4.85. The molecule has 1 aromatic heterocycles. The van der Waals surface area contributed by atoms with Crippen molar-refractivity contribution >= 4 is 23.3 Å². The quantitative estimate of drug-likeness (QED) is 0.428. The van der Waals surface area contributed by atoms with Gasteiger partial charge in [0.1, 0.15) is 0 Å². The monoisotopic (exact) mass is 447 g/mol. The molecule has 0 unspecified atom stereocenters. The summed E-state index contributed by atoms with van der Waals surface area (Å²) in [7, 11) is 1.30. The van der Waals surface area contributed by atoms with Crippen molar-refractivity contribution in [2.75, 3.05) is 56.8 Å². The molecule has 3 rings (SSSR count). The zero-order valence-corrected chi connectivity index (χ0v) is 18.6. The largest absolute Gasteiger partial charge is 0.465 e. The first kappa shape index (κ1) is 23.6. The fraction of sp³-hybridized carbons (Fsp3) is 0.524. The Labute approximate surface area is 186 Å². The molecule has 1 saturated heterocycles. The van der Waals surface area contributed by atoms with Crippen molar-refractivity contribution in [1.29, 1.82) is 0 Å². The average Bonchev–Trinajstić information content (AvgIpc) is 3.28. The van der Waals surface area contributed by atoms with Gasteiger partial charge in [0.15, 0.2) is 12.0 Å². The number of aromatic nitrogens is 3. The molecule has 1 fully saturated rings. The van der Waals surface area contributed by atoms with Crippen LogP contribution in [0.15, 0.2) is 24.4 Å². The SMILES string of the molecule is CCOC(Cn1cc(C(=O)Nc2ccc(N3CCOCC3)cc2C(=O)OC)nn1)OCC. The van der Waals surface area contributed by atoms with Crippen LogP contribution in [0.4, 0.5) is 11.4 Å². The van der Waals surface area contributed by atoms with Crippen molar-refractivity contribution in [2.24, 2.45) is 0 Å². The molecule has 11 nitrogen and oxygen atoms in total. The number of amides is 1. The lowest BCUT2D eigenvalue weighted by Gasteiger charge is -2.29. The first-order valence-electron chi connectivity index (χ1n) is 10.5. The Hall–Kier alpha value is -3.02. The maximum Gasteiger partial charge on any atom is 0.340 e. The maximum atomic E-state index is 12.7. The minimum Gasteiger partial charge on any atom is -0.465 e. The number of hydrogen-bond donors (Lipinski definition) is 1. The Bertz CT molecular complexity index is 906. The number of nitrogens with one attached hydrogen (secondary N) is 1. The van der Waals surface area contributed by atoms with Crippen LogP contribution in [0.5, 0.6) is 0 Å². The standard InChI is InChI=1S/C21H29N5O6/c1-4-31-19(32-5-2)14-26-13-18(23-24-26)20(27)22-17-7-6-15(12-16(17)21(28)29-3)25-8-10-30-11-9-25/h6-7,12-13,19H,4-5,8-11,14H2,1-3H3,(H,22,27). The van der Waals surface area contributed by atoms with Gasteiger partial charge in [-0.3, -0.25) is 4.79 Å². The van der Waals surface area contributed by atoms with Crippen molar-refractivity contribution < 1.29 is 28.5 Å². The van der Waals surface area contributed by atoms with E-state index in [1.165, 1.54) is 18.0 Å². The summed E-state index contributed by atoms with van der Waals surface area (Å²) in [6, 6.07) is 5.23. The second kappa shape index (κ2) is 11.6. The van der Waals surface area contributed by atoms with E-state index in [4.69, 9.17) is 18.9 Å². The summed E-state index contributed by atoms with van der Waals surface area (Å²) in [6.07, 6.45) is 1.02. The number of benzene rings is 1. The van der Waals surface area contributed by atoms with Gasteiger partial charge in [-0.05, 0) is 32.0 Å². The van der Waals surface area contributed by atoms with Gasteiger partial charge < -0.3 is 29.2 Å². The molecule has 0 spiro atoms. The molecule has 1 aliphatic heterocycles. The van der Waals surface area contributed by atoms with Gasteiger partial charge in [-0.2, -0.15) is 0 Å². The van der Waals surface area contributed by atoms with Gasteiger partial charge in [-0.25, -0.2) is 9.48 Å². The molecule has 32 heavy (non-hydrogen) atoms. The Morgan fingerprint density at radius 2 is 1.91 bits per heavy atom. The second-order valence-corrected chi connectivity index (χ2v) is 6.94. The van der Waals surface area contributed by atoms with Gasteiger partial charge >= 0.3 is 5.97 Å². The first-order valence-corrected chi connectivity index (χ1v) is 10.5. The molecule has 2 heterocycles. The Morgan fingerprint density at radius 3 is 2.56 bits per heavy atom. The molecule has 1 aromatic carbocycles. The topological polar surface area (TPSA) is 117 Å². The molecular formula is C21H29N5O6. The van der Waals surface area contributed by atoms with Crippen molar-refractivity contribution in [3.63, 3.8) is 0 Å². The molecule has 0 saturated carbocycles. The van der Waals surface area contributed by atoms with Crippen LogP contribution < -0.4 is 10.2 Å². The van der Waals surface area contributed by atoms with Crippen molar-refractivity contribution in [3.8, 4) is 0 Å². The summed E-state index contributed by atoms with van der Waals surface area (Å²) in [6.45, 7) is 7.70. The fourth-order valence-corrected chi connectivity index (χ4v) is 3.29. The van der Waals surface area contributed by atoms with Crippen LogP contribution in [0.25, 0.3) is 0 Å². The Kier molecular flexibility index (Phi) is 8.54. The highest BCUT2D eigenvalue weighted by atomic mass is 16.7. The molecule has 1 N–H and O–H groups in total. The molecule has 174 valence electrons. The van der Waals surface area contributed by atoms with Crippen molar-refractivity contribution in [2.45, 2.75) is 26.7 Å². The summed E-state index contributed by atoms with van der Waals surface area (Å²) >= 11 is 0. The smallest absolute Gasteiger partial charge is 0.340 e. The third kappa shape index (κ3) is 6.02. The number of ether oxygens (including phenoxy) is 4. The van der Waals surface area contributed by atoms with E-state index >= 15 is 0 Å². The number of rotatable bonds is 10. The number of morpholine rings is 1. The summed E-state index contributed by atoms with van der Waals surface area (Å²) in [5.41, 5.74) is 1.54. The highest BCUT2D eigenvalue weighted by Gasteiger charge is 2.20. The van der Waals surface area contributed by atoms with E-state index in [1.807, 2.05) is 19.9 Å². The molecule has 1 amide bonds. The van der Waals surface area contributed by atoms with E-state index in [1.54, 1.807) is 12.1 Å². The molecule has 0 radical (unpaired) electrons. The Balaban J connectivity index is 1.74. The average molecular weight is 447 g/mol. The van der Waals surface area contributed by atoms with E-state index in [-0.39, 0.29) is 11.3 Å². The van der Waals surface area contributed by atoms with Gasteiger partial charge in [-0.1, -0.05) is 5.21 Å². The minimum absolute atomic E-state index is 0.102. The molecule has 1 aliphatic rings. The van der Waals surface area contributed by atoms with Crippen LogP contribution in [-0.2, 0) is 25.5 Å². The van der Waals surface area contributed by atoms with E-state index < -0.39 is 18.2 Å². The molecule has 2 aromatic rings. The van der Waals surface area contributed by atoms with Gasteiger partial charge in [-0.15, -0.1) is 5.10 Å². The van der Waals surface area contributed by atoms with Gasteiger partial charge in [0.25, 0.3) is 5.91 Å². The minimum atomic E-state index is -0.546. The van der Waals surface area contributed by atoms with Gasteiger partial charge in [0, 0.05) is 32.0 Å². The van der Waals surface area contributed by atoms with Crippen LogP contribution in [-0.4, -0.2) is 79.8 Å². The van der Waals surface area contributed by atoms with Crippen LogP contribution in [0, 0.1) is 0 Å². The van der Waals surface area contributed by atoms with E-state index in [0.717, 1.165) is 18.8 Å². The van der Waals surface area contributed by atoms with Gasteiger partial charge in [0.05, 0.1) is 44.3 Å². The highest BCUT2D eigenvalue weighted by molar-refractivity contribution is 6.07. The van der Waals surface area contributed by atoms with E-state index in [0.29, 0.717) is 38.7 Å². The first-order chi connectivity index (χ1) is 15.5. The normalized spacial score (nSPS) is 13.9. The zero-order valence-electron chi connectivity index (χ0n) is 18.6. The van der Waals surface area contributed by atoms with Crippen molar-refractivity contribution in [1.82, 2.24) is 15.0 Å². The molecule has 0 bridgehead atoms. The lowest BCUT2D eigenvalue weighted by Crippen LogP contribution is -2.36. The molecule has 11 heteroatoms. The molecular weight excluding hydrogens is 418 g/mol. The predicted octanol–water partition coefficient (Wildman–Crippen LogP) is 1.55. The molecule has 0 atom stereocenters. The number of methoxy groups -OCH3 is 1. The number of carbonyl (C=O) groups excluding carboxylic acids is 2. The predicted molar refractivity (Wildman–Crippen MR) is 116 cm³/mol. The Morgan fingerprint density at radius 1 is 1.19 bits per heavy atom. The van der Waals surface area contributed by atoms with Crippen LogP contribution in [0.1, 0.15) is 34.7 Å².